The zero-order valence-electron chi connectivity index (χ0n) is 11.6. The fourth-order valence-corrected chi connectivity index (χ4v) is 3.01. The van der Waals surface area contributed by atoms with E-state index in [-0.39, 0.29) is 0 Å². The minimum atomic E-state index is 0.569. The van der Waals surface area contributed by atoms with Gasteiger partial charge in [-0.2, -0.15) is 0 Å². The van der Waals surface area contributed by atoms with Crippen molar-refractivity contribution in [3.63, 3.8) is 0 Å². The summed E-state index contributed by atoms with van der Waals surface area (Å²) in [6, 6.07) is 20.0. The molecule has 0 bridgehead atoms. The van der Waals surface area contributed by atoms with E-state index in [0.29, 0.717) is 5.78 Å². The molecule has 3 heterocycles. The first-order chi connectivity index (χ1) is 10.9. The molecule has 0 N–H and O–H groups in total. The summed E-state index contributed by atoms with van der Waals surface area (Å²) in [5.74, 6) is 0.569. The van der Waals surface area contributed by atoms with Crippen LogP contribution < -0.4 is 0 Å². The van der Waals surface area contributed by atoms with Crippen molar-refractivity contribution in [3.05, 3.63) is 66.9 Å². The molecule has 3 aromatic heterocycles. The number of pyridine rings is 1. The van der Waals surface area contributed by atoms with Crippen molar-refractivity contribution in [2.24, 2.45) is 0 Å². The van der Waals surface area contributed by atoms with Gasteiger partial charge >= 0.3 is 0 Å². The molecular formula is C19H11NO2. The number of aromatic nitrogens is 1. The molecule has 104 valence electrons. The predicted octanol–water partition coefficient (Wildman–Crippen LogP) is 5.39. The molecule has 0 atom stereocenters. The van der Waals surface area contributed by atoms with Crippen molar-refractivity contribution in [3.8, 4) is 11.3 Å². The summed E-state index contributed by atoms with van der Waals surface area (Å²) in [5, 5.41) is 3.17. The summed E-state index contributed by atoms with van der Waals surface area (Å²) in [6.07, 6.45) is 1.79. The Balaban J connectivity index is 1.94. The Hall–Kier alpha value is -3.07. The van der Waals surface area contributed by atoms with E-state index in [1.165, 1.54) is 0 Å². The first-order valence-corrected chi connectivity index (χ1v) is 7.16. The highest BCUT2D eigenvalue weighted by Gasteiger charge is 2.18. The van der Waals surface area contributed by atoms with Crippen LogP contribution >= 0.6 is 0 Å². The molecule has 0 saturated heterocycles. The topological polar surface area (TPSA) is 39.2 Å². The lowest BCUT2D eigenvalue weighted by molar-refractivity contribution is 0.525. The fraction of sp³-hybridized carbons (Fsp3) is 0. The molecule has 3 heteroatoms. The third-order valence-electron chi connectivity index (χ3n) is 3.98. The highest BCUT2D eigenvalue weighted by atomic mass is 16.5. The van der Waals surface area contributed by atoms with Gasteiger partial charge < -0.3 is 8.83 Å². The summed E-state index contributed by atoms with van der Waals surface area (Å²) in [6.45, 7) is 0. The number of benzene rings is 2. The monoisotopic (exact) mass is 285 g/mol. The molecule has 0 aliphatic heterocycles. The van der Waals surface area contributed by atoms with Gasteiger partial charge in [0.15, 0.2) is 0 Å². The van der Waals surface area contributed by atoms with Crippen LogP contribution in [0.1, 0.15) is 0 Å². The maximum absolute atomic E-state index is 6.02. The van der Waals surface area contributed by atoms with E-state index in [1.807, 2.05) is 48.5 Å². The third-order valence-corrected chi connectivity index (χ3v) is 3.98. The molecular weight excluding hydrogens is 274 g/mol. The van der Waals surface area contributed by atoms with E-state index < -0.39 is 0 Å². The molecule has 0 radical (unpaired) electrons. The second-order valence-electron chi connectivity index (χ2n) is 5.26. The highest BCUT2D eigenvalue weighted by molar-refractivity contribution is 6.19. The van der Waals surface area contributed by atoms with E-state index in [1.54, 1.807) is 6.20 Å². The Morgan fingerprint density at radius 1 is 0.727 bits per heavy atom. The average Bonchev–Trinajstić information content (AvgIpc) is 3.11. The minimum absolute atomic E-state index is 0.569. The standard InChI is InChI=1S/C19H11NO2/c1-2-10-16-13(6-1)17-14-8-5-7-12(15-9-3-4-11-20-15)18(14)22-19(17)21-16/h1-11H. The van der Waals surface area contributed by atoms with Crippen LogP contribution in [0.25, 0.3) is 44.4 Å². The van der Waals surface area contributed by atoms with Crippen molar-refractivity contribution < 1.29 is 8.83 Å². The largest absolute Gasteiger partial charge is 0.425 e. The lowest BCUT2D eigenvalue weighted by atomic mass is 10.1. The number of hydrogen-bond acceptors (Lipinski definition) is 3. The summed E-state index contributed by atoms with van der Waals surface area (Å²) in [5.41, 5.74) is 3.55. The van der Waals surface area contributed by atoms with Crippen molar-refractivity contribution in [2.45, 2.75) is 0 Å². The van der Waals surface area contributed by atoms with Gasteiger partial charge in [-0.05, 0) is 24.3 Å². The minimum Gasteiger partial charge on any atom is -0.425 e. The van der Waals surface area contributed by atoms with Gasteiger partial charge in [-0.1, -0.05) is 36.4 Å². The second kappa shape index (κ2) is 4.21. The normalized spacial score (nSPS) is 11.6. The van der Waals surface area contributed by atoms with Gasteiger partial charge in [-0.15, -0.1) is 0 Å². The Morgan fingerprint density at radius 3 is 2.50 bits per heavy atom. The number of para-hydroxylation sites is 2. The third kappa shape index (κ3) is 1.48. The second-order valence-corrected chi connectivity index (χ2v) is 5.26. The number of rotatable bonds is 1. The average molecular weight is 285 g/mol. The molecule has 0 amide bonds. The maximum atomic E-state index is 6.02. The first kappa shape index (κ1) is 11.6. The molecule has 3 nitrogen and oxygen atoms in total. The highest BCUT2D eigenvalue weighted by Crippen LogP contribution is 2.40. The smallest absolute Gasteiger partial charge is 0.299 e. The summed E-state index contributed by atoms with van der Waals surface area (Å²) >= 11 is 0. The molecule has 0 aliphatic rings. The molecule has 22 heavy (non-hydrogen) atoms. The van der Waals surface area contributed by atoms with Gasteiger partial charge in [0.2, 0.25) is 0 Å². The summed E-state index contributed by atoms with van der Waals surface area (Å²) in [4.78, 5) is 4.43. The molecule has 5 aromatic rings. The molecule has 0 aliphatic carbocycles. The van der Waals surface area contributed by atoms with Gasteiger partial charge in [0.25, 0.3) is 5.78 Å². The lowest BCUT2D eigenvalue weighted by Gasteiger charge is -2.00. The summed E-state index contributed by atoms with van der Waals surface area (Å²) in [7, 11) is 0. The van der Waals surface area contributed by atoms with Crippen LogP contribution in [-0.4, -0.2) is 4.98 Å². The van der Waals surface area contributed by atoms with Gasteiger partial charge in [-0.25, -0.2) is 0 Å². The molecule has 0 fully saturated rings. The fourth-order valence-electron chi connectivity index (χ4n) is 3.01. The molecule has 5 rings (SSSR count). The Morgan fingerprint density at radius 2 is 1.59 bits per heavy atom. The van der Waals surface area contributed by atoms with E-state index >= 15 is 0 Å². The Kier molecular flexibility index (Phi) is 2.22. The van der Waals surface area contributed by atoms with E-state index in [2.05, 4.69) is 17.1 Å². The zero-order chi connectivity index (χ0) is 14.5. The van der Waals surface area contributed by atoms with Crippen LogP contribution in [-0.2, 0) is 0 Å². The van der Waals surface area contributed by atoms with E-state index in [9.17, 15) is 0 Å². The van der Waals surface area contributed by atoms with Crippen LogP contribution in [0.5, 0.6) is 0 Å². The van der Waals surface area contributed by atoms with Crippen LogP contribution in [0.4, 0.5) is 0 Å². The maximum Gasteiger partial charge on any atom is 0.299 e. The quantitative estimate of drug-likeness (QED) is 0.414. The number of hydrogen-bond donors (Lipinski definition) is 0. The number of nitrogens with zero attached hydrogens (tertiary/aromatic N) is 1. The Labute approximate surface area is 125 Å². The van der Waals surface area contributed by atoms with Crippen molar-refractivity contribution in [1.82, 2.24) is 4.98 Å². The zero-order valence-corrected chi connectivity index (χ0v) is 11.6. The van der Waals surface area contributed by atoms with Gasteiger partial charge in [0.1, 0.15) is 11.2 Å². The molecule has 0 unspecified atom stereocenters. The first-order valence-electron chi connectivity index (χ1n) is 7.16. The van der Waals surface area contributed by atoms with Crippen LogP contribution in [0.2, 0.25) is 0 Å². The van der Waals surface area contributed by atoms with Gasteiger partial charge in [-0.3, -0.25) is 4.98 Å². The van der Waals surface area contributed by atoms with Crippen molar-refractivity contribution >= 4 is 33.1 Å². The van der Waals surface area contributed by atoms with Crippen LogP contribution in [0, 0.1) is 0 Å². The molecule has 0 spiro atoms. The van der Waals surface area contributed by atoms with Crippen molar-refractivity contribution in [1.29, 1.82) is 0 Å². The van der Waals surface area contributed by atoms with Crippen LogP contribution in [0.15, 0.2) is 75.7 Å². The van der Waals surface area contributed by atoms with Gasteiger partial charge in [0.05, 0.1) is 11.1 Å². The number of fused-ring (bicyclic) bond motifs is 5. The lowest BCUT2D eigenvalue weighted by Crippen LogP contribution is -1.82. The molecule has 0 saturated carbocycles. The van der Waals surface area contributed by atoms with Crippen LogP contribution in [0.3, 0.4) is 0 Å². The van der Waals surface area contributed by atoms with E-state index in [0.717, 1.165) is 38.6 Å². The van der Waals surface area contributed by atoms with Gasteiger partial charge in [0, 0.05) is 22.5 Å². The van der Waals surface area contributed by atoms with Crippen molar-refractivity contribution in [2.75, 3.05) is 0 Å². The SMILES string of the molecule is c1ccc(-c2cccc3c2oc2oc4ccccc4c23)nc1. The molecule has 2 aromatic carbocycles. The number of furan rings is 2. The van der Waals surface area contributed by atoms with E-state index in [4.69, 9.17) is 8.83 Å². The summed E-state index contributed by atoms with van der Waals surface area (Å²) < 4.78 is 11.9. The predicted molar refractivity (Wildman–Crippen MR) is 86.7 cm³/mol. The Bertz CT molecular complexity index is 1120.